The second kappa shape index (κ2) is 5.46. The van der Waals surface area contributed by atoms with Crippen LogP contribution in [0.3, 0.4) is 0 Å². The van der Waals surface area contributed by atoms with Crippen molar-refractivity contribution >= 4 is 17.7 Å². The molecule has 1 N–H and O–H groups in total. The maximum Gasteiger partial charge on any atom is 0.410 e. The molecule has 0 aliphatic carbocycles. The number of ether oxygens (including phenoxy) is 1. The van der Waals surface area contributed by atoms with E-state index in [1.54, 1.807) is 26.8 Å². The molecule has 0 atom stereocenters. The minimum absolute atomic E-state index is 0.0272. The second-order valence-corrected chi connectivity index (χ2v) is 6.89. The smallest absolute Gasteiger partial charge is 0.410 e. The van der Waals surface area contributed by atoms with Gasteiger partial charge in [-0.15, -0.1) is 0 Å². The molecule has 1 aliphatic rings. The number of carbonyl (C=O) groups excluding carboxylic acids is 1. The Bertz CT molecular complexity index is 550. The Balaban J connectivity index is 1.92. The van der Waals surface area contributed by atoms with Crippen LogP contribution in [0.25, 0.3) is 0 Å². The molecule has 4 nitrogen and oxygen atoms in total. The second-order valence-electron chi connectivity index (χ2n) is 6.49. The lowest BCUT2D eigenvalue weighted by Crippen LogP contribution is -2.65. The number of likely N-dealkylation sites (tertiary alicyclic amines) is 1. The SMILES string of the molecule is CC(C)(C)OC(=O)N1CC(O)(Cc2ccc(F)c(Cl)c2)C1. The number of amides is 1. The molecule has 1 amide bonds. The number of hydrogen-bond acceptors (Lipinski definition) is 3. The van der Waals surface area contributed by atoms with E-state index in [-0.39, 0.29) is 18.1 Å². The van der Waals surface area contributed by atoms with Crippen LogP contribution in [0, 0.1) is 5.82 Å². The molecule has 21 heavy (non-hydrogen) atoms. The topological polar surface area (TPSA) is 49.8 Å². The lowest BCUT2D eigenvalue weighted by Gasteiger charge is -2.46. The first-order chi connectivity index (χ1) is 9.58. The molecule has 6 heteroatoms. The zero-order valence-corrected chi connectivity index (χ0v) is 13.1. The molecule has 1 aromatic rings. The third kappa shape index (κ3) is 4.08. The quantitative estimate of drug-likeness (QED) is 0.912. The maximum absolute atomic E-state index is 13.1. The maximum atomic E-state index is 13.1. The van der Waals surface area contributed by atoms with Gasteiger partial charge in [-0.2, -0.15) is 0 Å². The molecule has 1 aliphatic heterocycles. The monoisotopic (exact) mass is 315 g/mol. The van der Waals surface area contributed by atoms with Gasteiger partial charge in [0, 0.05) is 6.42 Å². The Morgan fingerprint density at radius 2 is 2.10 bits per heavy atom. The number of benzene rings is 1. The lowest BCUT2D eigenvalue weighted by atomic mass is 9.87. The highest BCUT2D eigenvalue weighted by molar-refractivity contribution is 6.30. The van der Waals surface area contributed by atoms with Gasteiger partial charge in [0.15, 0.2) is 0 Å². The van der Waals surface area contributed by atoms with Gasteiger partial charge in [0.1, 0.15) is 17.0 Å². The summed E-state index contributed by atoms with van der Waals surface area (Å²) in [5.41, 5.74) is -0.847. The molecule has 1 aromatic carbocycles. The van der Waals surface area contributed by atoms with Crippen molar-refractivity contribution in [3.8, 4) is 0 Å². The summed E-state index contributed by atoms with van der Waals surface area (Å²) in [6.07, 6.45) is -0.129. The summed E-state index contributed by atoms with van der Waals surface area (Å²) >= 11 is 5.71. The van der Waals surface area contributed by atoms with Gasteiger partial charge in [-0.1, -0.05) is 17.7 Å². The fourth-order valence-corrected chi connectivity index (χ4v) is 2.46. The van der Waals surface area contributed by atoms with Crippen LogP contribution < -0.4 is 0 Å². The standard InChI is InChI=1S/C15H19ClFNO3/c1-14(2,3)21-13(19)18-8-15(20,9-18)7-10-4-5-12(17)11(16)6-10/h4-6,20H,7-9H2,1-3H3. The van der Waals surface area contributed by atoms with Crippen molar-refractivity contribution in [2.24, 2.45) is 0 Å². The summed E-state index contributed by atoms with van der Waals surface area (Å²) in [7, 11) is 0. The van der Waals surface area contributed by atoms with Gasteiger partial charge in [0.2, 0.25) is 0 Å². The van der Waals surface area contributed by atoms with E-state index in [0.29, 0.717) is 6.42 Å². The van der Waals surface area contributed by atoms with Gasteiger partial charge in [-0.3, -0.25) is 0 Å². The van der Waals surface area contributed by atoms with Crippen LogP contribution in [0.15, 0.2) is 18.2 Å². The van der Waals surface area contributed by atoms with E-state index in [1.165, 1.54) is 17.0 Å². The summed E-state index contributed by atoms with van der Waals surface area (Å²) in [6, 6.07) is 4.34. The Morgan fingerprint density at radius 3 is 2.62 bits per heavy atom. The minimum Gasteiger partial charge on any atom is -0.444 e. The van der Waals surface area contributed by atoms with Crippen molar-refractivity contribution in [1.29, 1.82) is 0 Å². The van der Waals surface area contributed by atoms with Crippen molar-refractivity contribution in [3.05, 3.63) is 34.6 Å². The summed E-state index contributed by atoms with van der Waals surface area (Å²) in [4.78, 5) is 13.2. The number of aliphatic hydroxyl groups is 1. The molecule has 116 valence electrons. The largest absolute Gasteiger partial charge is 0.444 e. The number of halogens is 2. The number of β-amino-alcohol motifs (C(OH)–C–C–N with tert-alkyl or cyclic N) is 1. The highest BCUT2D eigenvalue weighted by Gasteiger charge is 2.45. The molecule has 0 aromatic heterocycles. The van der Waals surface area contributed by atoms with E-state index < -0.39 is 23.1 Å². The first-order valence-corrected chi connectivity index (χ1v) is 7.10. The normalized spacial score (nSPS) is 17.3. The Kier molecular flexibility index (Phi) is 4.17. The summed E-state index contributed by atoms with van der Waals surface area (Å²) < 4.78 is 18.3. The van der Waals surface area contributed by atoms with Crippen molar-refractivity contribution in [2.75, 3.05) is 13.1 Å². The highest BCUT2D eigenvalue weighted by Crippen LogP contribution is 2.28. The average molecular weight is 316 g/mol. The average Bonchev–Trinajstić information content (AvgIpc) is 2.28. The van der Waals surface area contributed by atoms with E-state index in [9.17, 15) is 14.3 Å². The van der Waals surface area contributed by atoms with Gasteiger partial charge in [0.25, 0.3) is 0 Å². The fourth-order valence-electron chi connectivity index (χ4n) is 2.26. The third-order valence-electron chi connectivity index (χ3n) is 3.14. The van der Waals surface area contributed by atoms with Crippen molar-refractivity contribution in [2.45, 2.75) is 38.4 Å². The molecule has 0 radical (unpaired) electrons. The summed E-state index contributed by atoms with van der Waals surface area (Å²) in [5.74, 6) is -0.489. The first-order valence-electron chi connectivity index (χ1n) is 6.72. The van der Waals surface area contributed by atoms with Crippen molar-refractivity contribution in [3.63, 3.8) is 0 Å². The van der Waals surface area contributed by atoms with Gasteiger partial charge >= 0.3 is 6.09 Å². The fraction of sp³-hybridized carbons (Fsp3) is 0.533. The summed E-state index contributed by atoms with van der Waals surface area (Å²) in [6.45, 7) is 5.75. The molecule has 0 saturated carbocycles. The van der Waals surface area contributed by atoms with E-state index in [4.69, 9.17) is 16.3 Å². The van der Waals surface area contributed by atoms with Crippen molar-refractivity contribution in [1.82, 2.24) is 4.90 Å². The lowest BCUT2D eigenvalue weighted by molar-refractivity contribution is -0.0973. The molecule has 1 saturated heterocycles. The summed E-state index contributed by atoms with van der Waals surface area (Å²) in [5, 5.41) is 10.4. The molecule has 1 heterocycles. The molecule has 0 spiro atoms. The van der Waals surface area contributed by atoms with Crippen LogP contribution in [-0.2, 0) is 11.2 Å². The van der Waals surface area contributed by atoms with Crippen LogP contribution in [0.5, 0.6) is 0 Å². The molecular weight excluding hydrogens is 297 g/mol. The van der Waals surface area contributed by atoms with Gasteiger partial charge < -0.3 is 14.7 Å². The van der Waals surface area contributed by atoms with E-state index in [2.05, 4.69) is 0 Å². The van der Waals surface area contributed by atoms with Gasteiger partial charge in [0.05, 0.1) is 18.1 Å². The third-order valence-corrected chi connectivity index (χ3v) is 3.43. The van der Waals surface area contributed by atoms with Crippen LogP contribution >= 0.6 is 11.6 Å². The number of hydrogen-bond donors (Lipinski definition) is 1. The Hall–Kier alpha value is -1.33. The minimum atomic E-state index is -1.02. The zero-order chi connectivity index (χ0) is 15.8. The first kappa shape index (κ1) is 16.0. The van der Waals surface area contributed by atoms with Gasteiger partial charge in [-0.25, -0.2) is 9.18 Å². The highest BCUT2D eigenvalue weighted by atomic mass is 35.5. The molecule has 0 bridgehead atoms. The van der Waals surface area contributed by atoms with E-state index in [0.717, 1.165) is 5.56 Å². The zero-order valence-electron chi connectivity index (χ0n) is 12.3. The van der Waals surface area contributed by atoms with Crippen LogP contribution in [0.1, 0.15) is 26.3 Å². The Morgan fingerprint density at radius 1 is 1.48 bits per heavy atom. The molecule has 2 rings (SSSR count). The molecule has 1 fully saturated rings. The number of rotatable bonds is 2. The van der Waals surface area contributed by atoms with Crippen molar-refractivity contribution < 1.29 is 19.0 Å². The van der Waals surface area contributed by atoms with Crippen LogP contribution in [0.4, 0.5) is 9.18 Å². The van der Waals surface area contributed by atoms with E-state index in [1.807, 2.05) is 0 Å². The van der Waals surface area contributed by atoms with Gasteiger partial charge in [-0.05, 0) is 38.5 Å². The van der Waals surface area contributed by atoms with Crippen LogP contribution in [-0.4, -0.2) is 40.4 Å². The Labute approximate surface area is 128 Å². The molecule has 0 unspecified atom stereocenters. The predicted octanol–water partition coefficient (Wildman–Crippen LogP) is 3.00. The van der Waals surface area contributed by atoms with Crippen LogP contribution in [0.2, 0.25) is 5.02 Å². The number of nitrogens with zero attached hydrogens (tertiary/aromatic N) is 1. The van der Waals surface area contributed by atoms with E-state index >= 15 is 0 Å². The molecular formula is C15H19ClFNO3. The number of carbonyl (C=O) groups is 1. The predicted molar refractivity (Wildman–Crippen MR) is 77.9 cm³/mol.